The summed E-state index contributed by atoms with van der Waals surface area (Å²) >= 11 is 5.59. The van der Waals surface area contributed by atoms with Crippen molar-refractivity contribution in [3.8, 4) is 0 Å². The van der Waals surface area contributed by atoms with Crippen molar-refractivity contribution in [3.63, 3.8) is 0 Å². The number of carbonyl (C=O) groups excluding carboxylic acids is 2. The van der Waals surface area contributed by atoms with Gasteiger partial charge in [0.25, 0.3) is 5.91 Å². The predicted molar refractivity (Wildman–Crippen MR) is 51.5 cm³/mol. The highest BCUT2D eigenvalue weighted by Crippen LogP contribution is 2.07. The molecule has 1 aromatic heterocycles. The third-order valence-corrected chi connectivity index (χ3v) is 2.11. The fraction of sp³-hybridized carbons (Fsp3) is 0.250. The summed E-state index contributed by atoms with van der Waals surface area (Å²) in [7, 11) is 0. The van der Waals surface area contributed by atoms with Crippen LogP contribution >= 0.6 is 11.6 Å². The summed E-state index contributed by atoms with van der Waals surface area (Å²) in [6.45, 7) is 0.796. The lowest BCUT2D eigenvalue weighted by atomic mass is 10.4. The van der Waals surface area contributed by atoms with Gasteiger partial charge in [-0.05, 0) is 0 Å². The monoisotopic (exact) mass is 226 g/mol. The zero-order chi connectivity index (χ0) is 10.8. The number of hydrogen-bond acceptors (Lipinski definition) is 4. The minimum absolute atomic E-state index is 0.0690. The number of halogens is 1. The number of imide groups is 1. The third-order valence-electron chi connectivity index (χ3n) is 1.93. The fourth-order valence-electron chi connectivity index (χ4n) is 1.25. The molecule has 2 rings (SSSR count). The highest BCUT2D eigenvalue weighted by atomic mass is 35.5. The molecule has 1 aliphatic rings. The molecule has 1 fully saturated rings. The first-order valence-electron chi connectivity index (χ1n) is 4.26. The lowest BCUT2D eigenvalue weighted by Gasteiger charge is -2.10. The van der Waals surface area contributed by atoms with Gasteiger partial charge in [-0.3, -0.25) is 14.7 Å². The Morgan fingerprint density at radius 1 is 1.53 bits per heavy atom. The summed E-state index contributed by atoms with van der Waals surface area (Å²) in [5.74, 6) is -0.486. The predicted octanol–water partition coefficient (Wildman–Crippen LogP) is 0.295. The highest BCUT2D eigenvalue weighted by Gasteiger charge is 2.28. The van der Waals surface area contributed by atoms with Crippen molar-refractivity contribution in [2.75, 3.05) is 13.1 Å². The molecule has 0 aromatic carbocycles. The molecule has 0 radical (unpaired) electrons. The van der Waals surface area contributed by atoms with Crippen LogP contribution < -0.4 is 5.32 Å². The van der Waals surface area contributed by atoms with Gasteiger partial charge in [-0.25, -0.2) is 9.78 Å². The van der Waals surface area contributed by atoms with Crippen molar-refractivity contribution in [1.29, 1.82) is 0 Å². The quantitative estimate of drug-likeness (QED) is 0.747. The molecule has 0 aliphatic carbocycles. The van der Waals surface area contributed by atoms with E-state index in [1.165, 1.54) is 12.4 Å². The largest absolute Gasteiger partial charge is 0.336 e. The number of aromatic nitrogens is 2. The average molecular weight is 227 g/mol. The van der Waals surface area contributed by atoms with Gasteiger partial charge in [-0.1, -0.05) is 11.6 Å². The van der Waals surface area contributed by atoms with Crippen LogP contribution in [-0.4, -0.2) is 39.9 Å². The van der Waals surface area contributed by atoms with E-state index in [0.29, 0.717) is 13.1 Å². The van der Waals surface area contributed by atoms with Crippen molar-refractivity contribution in [2.24, 2.45) is 0 Å². The highest BCUT2D eigenvalue weighted by molar-refractivity contribution is 6.29. The summed E-state index contributed by atoms with van der Waals surface area (Å²) in [4.78, 5) is 31.5. The molecule has 7 heteroatoms. The average Bonchev–Trinajstić information content (AvgIpc) is 2.63. The Labute approximate surface area is 90.3 Å². The second-order valence-corrected chi connectivity index (χ2v) is 3.30. The smallest absolute Gasteiger partial charge is 0.324 e. The maximum Gasteiger partial charge on any atom is 0.324 e. The SMILES string of the molecule is O=C1NCCN1C(=O)c1cncc(Cl)n1. The van der Waals surface area contributed by atoms with Gasteiger partial charge in [0, 0.05) is 13.1 Å². The number of amides is 3. The molecule has 3 amide bonds. The molecule has 2 heterocycles. The van der Waals surface area contributed by atoms with E-state index in [4.69, 9.17) is 11.6 Å². The molecular weight excluding hydrogens is 220 g/mol. The van der Waals surface area contributed by atoms with Crippen molar-refractivity contribution >= 4 is 23.5 Å². The first-order valence-corrected chi connectivity index (χ1v) is 4.63. The standard InChI is InChI=1S/C8H7ClN4O2/c9-6-4-10-3-5(12-6)7(14)13-2-1-11-8(13)15/h3-4H,1-2H2,(H,11,15). The Kier molecular flexibility index (Phi) is 2.51. The molecule has 1 N–H and O–H groups in total. The lowest BCUT2D eigenvalue weighted by molar-refractivity contribution is 0.0823. The Morgan fingerprint density at radius 2 is 2.33 bits per heavy atom. The molecule has 6 nitrogen and oxygen atoms in total. The van der Waals surface area contributed by atoms with E-state index in [0.717, 1.165) is 4.90 Å². The second kappa shape index (κ2) is 3.82. The summed E-state index contributed by atoms with van der Waals surface area (Å²) < 4.78 is 0. The number of rotatable bonds is 1. The zero-order valence-electron chi connectivity index (χ0n) is 7.61. The fourth-order valence-corrected chi connectivity index (χ4v) is 1.40. The number of urea groups is 1. The summed E-state index contributed by atoms with van der Waals surface area (Å²) in [6.07, 6.45) is 2.60. The minimum Gasteiger partial charge on any atom is -0.336 e. The van der Waals surface area contributed by atoms with E-state index in [-0.39, 0.29) is 10.8 Å². The van der Waals surface area contributed by atoms with Gasteiger partial charge in [0.15, 0.2) is 0 Å². The first kappa shape index (κ1) is 9.85. The van der Waals surface area contributed by atoms with Crippen LogP contribution in [0, 0.1) is 0 Å². The van der Waals surface area contributed by atoms with Crippen LogP contribution in [0.25, 0.3) is 0 Å². The molecule has 0 spiro atoms. The molecule has 1 saturated heterocycles. The van der Waals surface area contributed by atoms with Crippen LogP contribution in [0.4, 0.5) is 4.79 Å². The molecule has 15 heavy (non-hydrogen) atoms. The minimum atomic E-state index is -0.486. The van der Waals surface area contributed by atoms with Gasteiger partial charge in [-0.15, -0.1) is 0 Å². The summed E-state index contributed by atoms with van der Waals surface area (Å²) in [6, 6.07) is -0.415. The topological polar surface area (TPSA) is 75.2 Å². The molecule has 0 bridgehead atoms. The number of hydrogen-bond donors (Lipinski definition) is 1. The van der Waals surface area contributed by atoms with Gasteiger partial charge < -0.3 is 5.32 Å². The Hall–Kier alpha value is -1.69. The van der Waals surface area contributed by atoms with Crippen LogP contribution in [0.2, 0.25) is 5.15 Å². The van der Waals surface area contributed by atoms with Crippen LogP contribution in [0.15, 0.2) is 12.4 Å². The summed E-state index contributed by atoms with van der Waals surface area (Å²) in [5, 5.41) is 2.65. The normalized spacial score (nSPS) is 15.3. The lowest BCUT2D eigenvalue weighted by Crippen LogP contribution is -2.34. The van der Waals surface area contributed by atoms with Gasteiger partial charge in [0.2, 0.25) is 0 Å². The third kappa shape index (κ3) is 1.89. The van der Waals surface area contributed by atoms with E-state index in [2.05, 4.69) is 15.3 Å². The van der Waals surface area contributed by atoms with Crippen LogP contribution in [0.5, 0.6) is 0 Å². The molecule has 78 valence electrons. The van der Waals surface area contributed by atoms with Gasteiger partial charge in [0.1, 0.15) is 10.8 Å². The molecule has 0 saturated carbocycles. The van der Waals surface area contributed by atoms with E-state index in [1.807, 2.05) is 0 Å². The summed E-state index contributed by atoms with van der Waals surface area (Å²) in [5.41, 5.74) is 0.0690. The van der Waals surface area contributed by atoms with E-state index in [9.17, 15) is 9.59 Å². The van der Waals surface area contributed by atoms with Crippen LogP contribution in [0.3, 0.4) is 0 Å². The molecule has 0 unspecified atom stereocenters. The molecular formula is C8H7ClN4O2. The maximum absolute atomic E-state index is 11.7. The Bertz CT molecular complexity index is 423. The van der Waals surface area contributed by atoms with Crippen molar-refractivity contribution in [3.05, 3.63) is 23.2 Å². The molecule has 0 atom stereocenters. The van der Waals surface area contributed by atoms with Gasteiger partial charge >= 0.3 is 6.03 Å². The molecule has 1 aromatic rings. The molecule has 1 aliphatic heterocycles. The Morgan fingerprint density at radius 3 is 2.93 bits per heavy atom. The number of carbonyl (C=O) groups is 2. The van der Waals surface area contributed by atoms with E-state index >= 15 is 0 Å². The Balaban J connectivity index is 2.24. The van der Waals surface area contributed by atoms with Crippen LogP contribution in [-0.2, 0) is 0 Å². The zero-order valence-corrected chi connectivity index (χ0v) is 8.36. The van der Waals surface area contributed by atoms with Crippen molar-refractivity contribution in [1.82, 2.24) is 20.2 Å². The van der Waals surface area contributed by atoms with E-state index < -0.39 is 11.9 Å². The van der Waals surface area contributed by atoms with Crippen LogP contribution in [0.1, 0.15) is 10.5 Å². The van der Waals surface area contributed by atoms with Gasteiger partial charge in [0.05, 0.1) is 12.4 Å². The van der Waals surface area contributed by atoms with Gasteiger partial charge in [-0.2, -0.15) is 0 Å². The van der Waals surface area contributed by atoms with Crippen molar-refractivity contribution < 1.29 is 9.59 Å². The van der Waals surface area contributed by atoms with E-state index in [1.54, 1.807) is 0 Å². The first-order chi connectivity index (χ1) is 7.18. The second-order valence-electron chi connectivity index (χ2n) is 2.92. The number of nitrogens with zero attached hydrogens (tertiary/aromatic N) is 3. The maximum atomic E-state index is 11.7. The van der Waals surface area contributed by atoms with Crippen molar-refractivity contribution in [2.45, 2.75) is 0 Å². The number of nitrogens with one attached hydrogen (secondary N) is 1.